The van der Waals surface area contributed by atoms with Crippen molar-refractivity contribution in [2.45, 2.75) is 64.5 Å². The molecule has 0 fully saturated rings. The summed E-state index contributed by atoms with van der Waals surface area (Å²) in [6.45, 7) is 8.97. The fourth-order valence-corrected chi connectivity index (χ4v) is 3.82. The highest BCUT2D eigenvalue weighted by Crippen LogP contribution is 2.41. The lowest BCUT2D eigenvalue weighted by molar-refractivity contribution is -0.137. The van der Waals surface area contributed by atoms with Crippen LogP contribution in [-0.2, 0) is 10.9 Å². The smallest absolute Gasteiger partial charge is 0.416 e. The van der Waals surface area contributed by atoms with Gasteiger partial charge in [0.1, 0.15) is 17.0 Å². The molecule has 3 N–H and O–H groups in total. The van der Waals surface area contributed by atoms with E-state index in [4.69, 9.17) is 21.1 Å². The molecule has 190 valence electrons. The van der Waals surface area contributed by atoms with Gasteiger partial charge in [0, 0.05) is 17.7 Å². The van der Waals surface area contributed by atoms with Crippen LogP contribution >= 0.6 is 11.6 Å². The van der Waals surface area contributed by atoms with Crippen molar-refractivity contribution in [3.05, 3.63) is 52.5 Å². The van der Waals surface area contributed by atoms with Crippen molar-refractivity contribution in [2.75, 3.05) is 10.6 Å². The highest BCUT2D eigenvalue weighted by molar-refractivity contribution is 6.33. The first kappa shape index (κ1) is 26.5. The number of alkyl halides is 3. The largest absolute Gasteiger partial charge is 0.487 e. The molecule has 1 aliphatic rings. The van der Waals surface area contributed by atoms with Crippen LogP contribution in [0.3, 0.4) is 0 Å². The maximum Gasteiger partial charge on any atom is 0.416 e. The number of carbonyl (C=O) groups excluding carboxylic acids is 2. The Morgan fingerprint density at radius 2 is 1.77 bits per heavy atom. The SMILES string of the molecule is CC(C)(C)OC(=O)Nc1ccc2c(c1)[C@@H](NC(=O)Nc1ccc(C(F)(F)F)cc1Cl)CC(C)(C)O2. The summed E-state index contributed by atoms with van der Waals surface area (Å²) in [6, 6.07) is 6.50. The molecule has 2 aromatic carbocycles. The van der Waals surface area contributed by atoms with E-state index >= 15 is 0 Å². The molecule has 11 heteroatoms. The van der Waals surface area contributed by atoms with Gasteiger partial charge in [-0.15, -0.1) is 0 Å². The van der Waals surface area contributed by atoms with E-state index in [2.05, 4.69) is 16.0 Å². The first-order valence-electron chi connectivity index (χ1n) is 10.8. The number of ether oxygens (including phenoxy) is 2. The van der Waals surface area contributed by atoms with Crippen molar-refractivity contribution < 1.29 is 32.2 Å². The highest BCUT2D eigenvalue weighted by Gasteiger charge is 2.35. The van der Waals surface area contributed by atoms with Gasteiger partial charge in [0.25, 0.3) is 0 Å². The van der Waals surface area contributed by atoms with Crippen LogP contribution in [0.4, 0.5) is 34.1 Å². The molecule has 1 aliphatic heterocycles. The Morgan fingerprint density at radius 1 is 1.09 bits per heavy atom. The van der Waals surface area contributed by atoms with E-state index < -0.39 is 41.1 Å². The number of halogens is 4. The zero-order chi connectivity index (χ0) is 26.2. The molecule has 0 bridgehead atoms. The summed E-state index contributed by atoms with van der Waals surface area (Å²) < 4.78 is 49.9. The Bertz CT molecular complexity index is 1130. The van der Waals surface area contributed by atoms with Crippen LogP contribution in [0.2, 0.25) is 5.02 Å². The van der Waals surface area contributed by atoms with Gasteiger partial charge < -0.3 is 20.1 Å². The van der Waals surface area contributed by atoms with Crippen LogP contribution in [-0.4, -0.2) is 23.3 Å². The average molecular weight is 514 g/mol. The third-order valence-corrected chi connectivity index (χ3v) is 5.28. The number of fused-ring (bicyclic) bond motifs is 1. The Balaban J connectivity index is 1.78. The van der Waals surface area contributed by atoms with Crippen molar-refractivity contribution >= 4 is 35.1 Å². The summed E-state index contributed by atoms with van der Waals surface area (Å²) >= 11 is 5.95. The number of amides is 3. The van der Waals surface area contributed by atoms with Gasteiger partial charge in [0.15, 0.2) is 0 Å². The third-order valence-electron chi connectivity index (χ3n) is 4.96. The molecule has 0 saturated carbocycles. The van der Waals surface area contributed by atoms with E-state index in [1.807, 2.05) is 13.8 Å². The van der Waals surface area contributed by atoms with Crippen molar-refractivity contribution in [3.63, 3.8) is 0 Å². The number of hydrogen-bond donors (Lipinski definition) is 3. The minimum atomic E-state index is -4.55. The summed E-state index contributed by atoms with van der Waals surface area (Å²) in [6.07, 6.45) is -4.79. The number of benzene rings is 2. The second-order valence-electron chi connectivity index (χ2n) is 9.79. The van der Waals surface area contributed by atoms with Crippen LogP contribution in [0.25, 0.3) is 0 Å². The van der Waals surface area contributed by atoms with Crippen molar-refractivity contribution in [2.24, 2.45) is 0 Å². The highest BCUT2D eigenvalue weighted by atomic mass is 35.5. The van der Waals surface area contributed by atoms with Crippen molar-refractivity contribution in [3.8, 4) is 5.75 Å². The monoisotopic (exact) mass is 513 g/mol. The molecule has 3 amide bonds. The molecule has 0 spiro atoms. The summed E-state index contributed by atoms with van der Waals surface area (Å²) in [5.74, 6) is 0.522. The molecule has 0 aromatic heterocycles. The molecule has 2 aromatic rings. The number of nitrogens with one attached hydrogen (secondary N) is 3. The van der Waals surface area contributed by atoms with E-state index in [-0.39, 0.29) is 10.7 Å². The summed E-state index contributed by atoms with van der Waals surface area (Å²) in [5, 5.41) is 7.71. The van der Waals surface area contributed by atoms with Crippen molar-refractivity contribution in [1.82, 2.24) is 5.32 Å². The fraction of sp³-hybridized carbons (Fsp3) is 0.417. The number of rotatable bonds is 3. The molecule has 1 atom stereocenters. The minimum Gasteiger partial charge on any atom is -0.487 e. The normalized spacial score (nSPS) is 17.0. The van der Waals surface area contributed by atoms with Gasteiger partial charge in [-0.3, -0.25) is 5.32 Å². The lowest BCUT2D eigenvalue weighted by Crippen LogP contribution is -2.42. The van der Waals surface area contributed by atoms with Crippen LogP contribution in [0.15, 0.2) is 36.4 Å². The van der Waals surface area contributed by atoms with Crippen LogP contribution < -0.4 is 20.7 Å². The molecular formula is C24H27ClF3N3O4. The van der Waals surface area contributed by atoms with E-state index in [0.29, 0.717) is 23.4 Å². The standard InChI is InChI=1S/C24H27ClF3N3O4/c1-22(2,3)35-21(33)29-14-7-9-19-15(11-14)18(12-23(4,5)34-19)31-20(32)30-17-8-6-13(10-16(17)25)24(26,27)28/h6-11,18H,12H2,1-5H3,(H,29,33)(H2,30,31,32)/t18-/m0/s1. The molecule has 0 unspecified atom stereocenters. The fourth-order valence-electron chi connectivity index (χ4n) is 3.59. The lowest BCUT2D eigenvalue weighted by atomic mass is 9.89. The van der Waals surface area contributed by atoms with Gasteiger partial charge in [0.05, 0.1) is 22.3 Å². The predicted molar refractivity (Wildman–Crippen MR) is 127 cm³/mol. The topological polar surface area (TPSA) is 88.7 Å². The maximum atomic E-state index is 12.9. The van der Waals surface area contributed by atoms with E-state index in [1.54, 1.807) is 39.0 Å². The first-order valence-corrected chi connectivity index (χ1v) is 11.2. The Kier molecular flexibility index (Phi) is 7.17. The van der Waals surface area contributed by atoms with Gasteiger partial charge in [-0.2, -0.15) is 13.2 Å². The molecule has 7 nitrogen and oxygen atoms in total. The van der Waals surface area contributed by atoms with Crippen LogP contribution in [0, 0.1) is 0 Å². The van der Waals surface area contributed by atoms with Gasteiger partial charge in [-0.1, -0.05) is 11.6 Å². The van der Waals surface area contributed by atoms with E-state index in [0.717, 1.165) is 18.2 Å². The van der Waals surface area contributed by atoms with E-state index in [1.165, 1.54) is 0 Å². The number of anilines is 2. The first-order chi connectivity index (χ1) is 16.0. The second-order valence-corrected chi connectivity index (χ2v) is 10.2. The molecule has 0 saturated heterocycles. The zero-order valence-corrected chi connectivity index (χ0v) is 20.6. The van der Waals surface area contributed by atoms with Gasteiger partial charge in [-0.25, -0.2) is 9.59 Å². The molecule has 35 heavy (non-hydrogen) atoms. The minimum absolute atomic E-state index is 0.0315. The van der Waals surface area contributed by atoms with Gasteiger partial charge in [0.2, 0.25) is 0 Å². The quantitative estimate of drug-likeness (QED) is 0.407. The van der Waals surface area contributed by atoms with E-state index in [9.17, 15) is 22.8 Å². The number of carbonyl (C=O) groups is 2. The summed E-state index contributed by atoms with van der Waals surface area (Å²) in [7, 11) is 0. The Labute approximate surface area is 206 Å². The lowest BCUT2D eigenvalue weighted by Gasteiger charge is -2.38. The maximum absolute atomic E-state index is 12.9. The summed E-state index contributed by atoms with van der Waals surface area (Å²) in [4.78, 5) is 24.9. The number of urea groups is 1. The predicted octanol–water partition coefficient (Wildman–Crippen LogP) is 7.13. The van der Waals surface area contributed by atoms with Crippen molar-refractivity contribution in [1.29, 1.82) is 0 Å². The molecule has 0 radical (unpaired) electrons. The average Bonchev–Trinajstić information content (AvgIpc) is 2.67. The molecular weight excluding hydrogens is 487 g/mol. The molecule has 3 rings (SSSR count). The van der Waals surface area contributed by atoms with Crippen LogP contribution in [0.5, 0.6) is 5.75 Å². The molecule has 0 aliphatic carbocycles. The third kappa shape index (κ3) is 7.17. The van der Waals surface area contributed by atoms with Crippen LogP contribution in [0.1, 0.15) is 58.2 Å². The summed E-state index contributed by atoms with van der Waals surface area (Å²) in [5.41, 5.74) is -1.11. The number of hydrogen-bond acceptors (Lipinski definition) is 4. The zero-order valence-electron chi connectivity index (χ0n) is 19.9. The molecule has 1 heterocycles. The second kappa shape index (κ2) is 9.49. The van der Waals surface area contributed by atoms with Gasteiger partial charge >= 0.3 is 18.3 Å². The Morgan fingerprint density at radius 3 is 2.37 bits per heavy atom. The Hall–Kier alpha value is -3.14. The van der Waals surface area contributed by atoms with Gasteiger partial charge in [-0.05, 0) is 71.0 Å².